The van der Waals surface area contributed by atoms with E-state index in [4.69, 9.17) is 0 Å². The van der Waals surface area contributed by atoms with Crippen molar-refractivity contribution in [3.05, 3.63) is 46.7 Å². The largest absolute Gasteiger partial charge is 0.325 e. The highest BCUT2D eigenvalue weighted by Gasteiger charge is 2.14. The van der Waals surface area contributed by atoms with Crippen molar-refractivity contribution in [2.75, 3.05) is 11.6 Å². The molecule has 0 spiro atoms. The molecule has 0 aliphatic rings. The lowest BCUT2D eigenvalue weighted by molar-refractivity contribution is -0.115. The first-order valence-electron chi connectivity index (χ1n) is 7.26. The molecule has 3 aromatic rings. The lowest BCUT2D eigenvalue weighted by atomic mass is 10.2. The van der Waals surface area contributed by atoms with E-state index < -0.39 is 9.84 Å². The van der Waals surface area contributed by atoms with Gasteiger partial charge >= 0.3 is 0 Å². The molecule has 0 bridgehead atoms. The first-order valence-corrected chi connectivity index (χ1v) is 10.0. The lowest BCUT2D eigenvalue weighted by Gasteiger charge is -2.10. The molecule has 1 aromatic carbocycles. The maximum Gasteiger partial charge on any atom is 0.230 e. The second-order valence-corrected chi connectivity index (χ2v) is 8.59. The maximum atomic E-state index is 12.4. The minimum Gasteiger partial charge on any atom is -0.325 e. The summed E-state index contributed by atoms with van der Waals surface area (Å²) in [4.78, 5) is 17.8. The number of sulfone groups is 1. The molecule has 6 nitrogen and oxygen atoms in total. The fraction of sp³-hybridized carbons (Fsp3) is 0.250. The second kappa shape index (κ2) is 6.03. The molecule has 3 rings (SSSR count). The van der Waals surface area contributed by atoms with E-state index >= 15 is 0 Å². The van der Waals surface area contributed by atoms with Gasteiger partial charge in [0.05, 0.1) is 17.0 Å². The molecule has 8 heteroatoms. The number of rotatable bonds is 4. The number of benzene rings is 1. The van der Waals surface area contributed by atoms with Crippen molar-refractivity contribution in [2.45, 2.75) is 25.2 Å². The average Bonchev–Trinajstić information content (AvgIpc) is 3.00. The smallest absolute Gasteiger partial charge is 0.230 e. The quantitative estimate of drug-likeness (QED) is 0.773. The fourth-order valence-corrected chi connectivity index (χ4v) is 3.96. The Hall–Kier alpha value is -2.19. The molecule has 0 atom stereocenters. The van der Waals surface area contributed by atoms with Crippen molar-refractivity contribution >= 4 is 37.7 Å². The van der Waals surface area contributed by atoms with Gasteiger partial charge < -0.3 is 5.32 Å². The number of carbonyl (C=O) groups excluding carboxylic acids is 1. The van der Waals surface area contributed by atoms with Crippen LogP contribution in [0.1, 0.15) is 17.0 Å². The third kappa shape index (κ3) is 3.34. The summed E-state index contributed by atoms with van der Waals surface area (Å²) in [7, 11) is -3.32. The van der Waals surface area contributed by atoms with Crippen molar-refractivity contribution in [3.8, 4) is 0 Å². The number of imidazole rings is 1. The lowest BCUT2D eigenvalue weighted by Crippen LogP contribution is -2.16. The summed E-state index contributed by atoms with van der Waals surface area (Å²) in [5.41, 5.74) is 3.08. The van der Waals surface area contributed by atoms with Gasteiger partial charge in [0.25, 0.3) is 0 Å². The van der Waals surface area contributed by atoms with Crippen LogP contribution in [0.5, 0.6) is 0 Å². The number of aromatic nitrogens is 2. The number of anilines is 1. The van der Waals surface area contributed by atoms with Crippen molar-refractivity contribution in [2.24, 2.45) is 0 Å². The Morgan fingerprint density at radius 2 is 2.08 bits per heavy atom. The van der Waals surface area contributed by atoms with Gasteiger partial charge in [0, 0.05) is 29.2 Å². The summed E-state index contributed by atoms with van der Waals surface area (Å²) >= 11 is 1.48. The van der Waals surface area contributed by atoms with E-state index in [1.54, 1.807) is 6.07 Å². The van der Waals surface area contributed by atoms with E-state index in [9.17, 15) is 13.2 Å². The zero-order valence-electron chi connectivity index (χ0n) is 13.5. The van der Waals surface area contributed by atoms with E-state index in [0.717, 1.165) is 28.2 Å². The molecule has 0 saturated carbocycles. The van der Waals surface area contributed by atoms with Gasteiger partial charge in [-0.15, -0.1) is 11.3 Å². The predicted molar refractivity (Wildman–Crippen MR) is 94.4 cm³/mol. The monoisotopic (exact) mass is 363 g/mol. The van der Waals surface area contributed by atoms with Crippen LogP contribution in [0.3, 0.4) is 0 Å². The van der Waals surface area contributed by atoms with Crippen LogP contribution in [0.2, 0.25) is 0 Å². The Morgan fingerprint density at radius 3 is 2.79 bits per heavy atom. The average molecular weight is 363 g/mol. The molecule has 24 heavy (non-hydrogen) atoms. The van der Waals surface area contributed by atoms with Crippen LogP contribution in [0.15, 0.2) is 34.7 Å². The summed E-state index contributed by atoms with van der Waals surface area (Å²) in [6, 6.07) is 4.72. The molecule has 126 valence electrons. The first-order chi connectivity index (χ1) is 11.2. The molecule has 1 N–H and O–H groups in total. The number of carbonyl (C=O) groups is 1. The van der Waals surface area contributed by atoms with Crippen molar-refractivity contribution < 1.29 is 13.2 Å². The third-order valence-electron chi connectivity index (χ3n) is 3.66. The molecule has 0 saturated heterocycles. The van der Waals surface area contributed by atoms with Crippen LogP contribution < -0.4 is 5.32 Å². The summed E-state index contributed by atoms with van der Waals surface area (Å²) in [6.45, 7) is 3.73. The molecule has 2 aromatic heterocycles. The SMILES string of the molecule is Cc1cn2c(CC(=O)Nc3cc(S(C)(=O)=O)ccc3C)csc2n1. The maximum absolute atomic E-state index is 12.4. The minimum atomic E-state index is -3.32. The highest BCUT2D eigenvalue weighted by Crippen LogP contribution is 2.21. The van der Waals surface area contributed by atoms with E-state index in [1.807, 2.05) is 29.8 Å². The number of nitrogens with zero attached hydrogens (tertiary/aromatic N) is 2. The van der Waals surface area contributed by atoms with Gasteiger partial charge in [-0.25, -0.2) is 13.4 Å². The van der Waals surface area contributed by atoms with E-state index in [0.29, 0.717) is 5.69 Å². The number of aryl methyl sites for hydroxylation is 2. The molecule has 0 aliphatic heterocycles. The van der Waals surface area contributed by atoms with Crippen LogP contribution in [0.4, 0.5) is 5.69 Å². The number of amides is 1. The van der Waals surface area contributed by atoms with Gasteiger partial charge in [0.15, 0.2) is 14.8 Å². The molecular weight excluding hydrogens is 346 g/mol. The normalized spacial score (nSPS) is 11.8. The molecule has 2 heterocycles. The number of thiazole rings is 1. The fourth-order valence-electron chi connectivity index (χ4n) is 2.39. The standard InChI is InChI=1S/C16H17N3O3S2/c1-10-4-5-13(24(3,21)22)7-14(10)18-15(20)6-12-9-23-16-17-11(2)8-19(12)16/h4-5,7-9H,6H2,1-3H3,(H,18,20). The second-order valence-electron chi connectivity index (χ2n) is 5.74. The van der Waals surface area contributed by atoms with Gasteiger partial charge in [-0.3, -0.25) is 9.20 Å². The molecule has 0 unspecified atom stereocenters. The van der Waals surface area contributed by atoms with Crippen LogP contribution in [0.25, 0.3) is 4.96 Å². The van der Waals surface area contributed by atoms with E-state index in [1.165, 1.54) is 23.5 Å². The molecule has 0 radical (unpaired) electrons. The van der Waals surface area contributed by atoms with Crippen LogP contribution in [-0.2, 0) is 21.1 Å². The van der Waals surface area contributed by atoms with Crippen LogP contribution in [0, 0.1) is 13.8 Å². The van der Waals surface area contributed by atoms with Gasteiger partial charge in [0.1, 0.15) is 0 Å². The zero-order valence-corrected chi connectivity index (χ0v) is 15.2. The van der Waals surface area contributed by atoms with E-state index in [2.05, 4.69) is 10.3 Å². The minimum absolute atomic E-state index is 0.187. The number of fused-ring (bicyclic) bond motifs is 1. The van der Waals surface area contributed by atoms with Crippen molar-refractivity contribution in [1.29, 1.82) is 0 Å². The number of hydrogen-bond donors (Lipinski definition) is 1. The number of hydrogen-bond acceptors (Lipinski definition) is 5. The Bertz CT molecular complexity index is 1030. The van der Waals surface area contributed by atoms with Gasteiger partial charge in [-0.2, -0.15) is 0 Å². The van der Waals surface area contributed by atoms with Gasteiger partial charge in [-0.05, 0) is 31.5 Å². The number of nitrogens with one attached hydrogen (secondary N) is 1. The summed E-state index contributed by atoms with van der Waals surface area (Å²) in [5, 5.41) is 4.70. The summed E-state index contributed by atoms with van der Waals surface area (Å²) in [5.74, 6) is -0.199. The van der Waals surface area contributed by atoms with Gasteiger partial charge in [0.2, 0.25) is 5.91 Å². The predicted octanol–water partition coefficient (Wildman–Crippen LogP) is 2.60. The topological polar surface area (TPSA) is 80.5 Å². The van der Waals surface area contributed by atoms with E-state index in [-0.39, 0.29) is 17.2 Å². The summed E-state index contributed by atoms with van der Waals surface area (Å²) < 4.78 is 25.2. The Kier molecular flexibility index (Phi) is 4.18. The third-order valence-corrected chi connectivity index (χ3v) is 5.66. The molecule has 0 fully saturated rings. The first kappa shape index (κ1) is 16.7. The van der Waals surface area contributed by atoms with Crippen molar-refractivity contribution in [3.63, 3.8) is 0 Å². The summed E-state index contributed by atoms with van der Waals surface area (Å²) in [6.07, 6.45) is 3.23. The Labute approximate surface area is 144 Å². The van der Waals surface area contributed by atoms with Gasteiger partial charge in [-0.1, -0.05) is 6.07 Å². The Morgan fingerprint density at radius 1 is 1.33 bits per heavy atom. The molecule has 1 amide bonds. The van der Waals surface area contributed by atoms with Crippen LogP contribution in [-0.4, -0.2) is 30.0 Å². The Balaban J connectivity index is 1.82. The zero-order chi connectivity index (χ0) is 17.5. The molecule has 0 aliphatic carbocycles. The van der Waals surface area contributed by atoms with Crippen LogP contribution >= 0.6 is 11.3 Å². The highest BCUT2D eigenvalue weighted by atomic mass is 32.2. The van der Waals surface area contributed by atoms with Crippen molar-refractivity contribution in [1.82, 2.24) is 9.38 Å². The molecular formula is C16H17N3O3S2. The highest BCUT2D eigenvalue weighted by molar-refractivity contribution is 7.90.